The molecule has 0 radical (unpaired) electrons. The van der Waals surface area contributed by atoms with Crippen molar-refractivity contribution in [3.05, 3.63) is 23.8 Å². The van der Waals surface area contributed by atoms with Crippen LogP contribution in [0.4, 0.5) is 0 Å². The second-order valence-corrected chi connectivity index (χ2v) is 4.89. The fourth-order valence-corrected chi connectivity index (χ4v) is 1.94. The maximum absolute atomic E-state index is 5.27. The maximum Gasteiger partial charge on any atom is 0.253 e. The molecule has 2 aromatic rings. The Hall–Kier alpha value is -1.66. The second kappa shape index (κ2) is 5.99. The molecule has 1 aromatic carbocycles. The van der Waals surface area contributed by atoms with Crippen molar-refractivity contribution in [3.63, 3.8) is 0 Å². The number of hydrogen-bond acceptors (Lipinski definition) is 4. The lowest BCUT2D eigenvalue weighted by molar-refractivity contribution is -0.786. The molecule has 2 rings (SSSR count). The molecule has 0 amide bonds. The van der Waals surface area contributed by atoms with Crippen molar-refractivity contribution in [2.45, 2.75) is 13.6 Å². The van der Waals surface area contributed by atoms with E-state index in [4.69, 9.17) is 4.84 Å². The summed E-state index contributed by atoms with van der Waals surface area (Å²) in [6, 6.07) is 6.18. The third-order valence-electron chi connectivity index (χ3n) is 2.97. The second-order valence-electron chi connectivity index (χ2n) is 4.89. The molecule has 0 bridgehead atoms. The topological polar surface area (TPSA) is 46.2 Å². The van der Waals surface area contributed by atoms with Gasteiger partial charge in [-0.1, -0.05) is 6.07 Å². The van der Waals surface area contributed by atoms with Crippen LogP contribution in [0.15, 0.2) is 18.2 Å². The molecule has 1 aromatic heterocycles. The zero-order chi connectivity index (χ0) is 13.8. The first kappa shape index (κ1) is 13.8. The molecule has 6 heteroatoms. The molecule has 0 saturated carbocycles. The van der Waals surface area contributed by atoms with Crippen molar-refractivity contribution in [1.82, 2.24) is 20.3 Å². The standard InChI is InChI=1S/C13H22N5O/c1-11-5-6-12-13(9-11)17(18(15-12)19-4)10-14-7-8-16(2)3/h5-6,9,14H,7-8,10H2,1-4H3/q+1. The Kier molecular flexibility index (Phi) is 4.34. The summed E-state index contributed by atoms with van der Waals surface area (Å²) in [5.41, 5.74) is 3.21. The highest BCUT2D eigenvalue weighted by atomic mass is 16.7. The van der Waals surface area contributed by atoms with Gasteiger partial charge in [-0.25, -0.2) is 0 Å². The van der Waals surface area contributed by atoms with Crippen LogP contribution in [0.25, 0.3) is 11.0 Å². The summed E-state index contributed by atoms with van der Waals surface area (Å²) in [5, 5.41) is 7.78. The van der Waals surface area contributed by atoms with Crippen LogP contribution in [-0.2, 0) is 6.67 Å². The Labute approximate surface area is 113 Å². The van der Waals surface area contributed by atoms with Gasteiger partial charge in [-0.15, -0.1) is 4.68 Å². The quantitative estimate of drug-likeness (QED) is 0.580. The molecule has 0 fully saturated rings. The molecular formula is C13H22N5O+. The largest absolute Gasteiger partial charge is 0.355 e. The van der Waals surface area contributed by atoms with Crippen molar-refractivity contribution in [2.75, 3.05) is 34.3 Å². The highest BCUT2D eigenvalue weighted by Crippen LogP contribution is 2.08. The van der Waals surface area contributed by atoms with Crippen LogP contribution >= 0.6 is 0 Å². The molecule has 0 spiro atoms. The zero-order valence-electron chi connectivity index (χ0n) is 12.1. The summed E-state index contributed by atoms with van der Waals surface area (Å²) in [6.45, 7) is 4.66. The van der Waals surface area contributed by atoms with Crippen molar-refractivity contribution in [1.29, 1.82) is 0 Å². The number of nitrogens with zero attached hydrogens (tertiary/aromatic N) is 4. The average molecular weight is 264 g/mol. The van der Waals surface area contributed by atoms with E-state index in [1.165, 1.54) is 10.5 Å². The fraction of sp³-hybridized carbons (Fsp3) is 0.538. The first-order valence-corrected chi connectivity index (χ1v) is 6.41. The molecule has 1 N–H and O–H groups in total. The zero-order valence-corrected chi connectivity index (χ0v) is 12.1. The summed E-state index contributed by atoms with van der Waals surface area (Å²) < 4.78 is 1.98. The summed E-state index contributed by atoms with van der Waals surface area (Å²) in [6.07, 6.45) is 0. The van der Waals surface area contributed by atoms with Crippen LogP contribution in [0.1, 0.15) is 5.56 Å². The molecule has 1 heterocycles. The number of benzene rings is 1. The monoisotopic (exact) mass is 264 g/mol. The van der Waals surface area contributed by atoms with Crippen LogP contribution in [0.5, 0.6) is 0 Å². The molecule has 0 aliphatic carbocycles. The van der Waals surface area contributed by atoms with E-state index in [9.17, 15) is 0 Å². The van der Waals surface area contributed by atoms with E-state index in [1.807, 2.05) is 10.7 Å². The van der Waals surface area contributed by atoms with Crippen LogP contribution in [-0.4, -0.2) is 49.3 Å². The summed E-state index contributed by atoms with van der Waals surface area (Å²) >= 11 is 0. The number of fused-ring (bicyclic) bond motifs is 1. The Morgan fingerprint density at radius 1 is 1.42 bits per heavy atom. The minimum Gasteiger partial charge on any atom is -0.355 e. The molecule has 6 nitrogen and oxygen atoms in total. The van der Waals surface area contributed by atoms with Gasteiger partial charge >= 0.3 is 0 Å². The summed E-state index contributed by atoms with van der Waals surface area (Å²) in [4.78, 5) is 8.93. The van der Waals surface area contributed by atoms with Gasteiger partial charge in [0, 0.05) is 13.1 Å². The minimum absolute atomic E-state index is 0.668. The van der Waals surface area contributed by atoms with Gasteiger partial charge in [0.25, 0.3) is 5.52 Å². The predicted octanol–water partition coefficient (Wildman–Crippen LogP) is -0.201. The maximum atomic E-state index is 5.27. The number of likely N-dealkylation sites (N-methyl/N-ethyl adjacent to an activating group) is 1. The van der Waals surface area contributed by atoms with E-state index in [2.05, 4.69) is 48.5 Å². The summed E-state index contributed by atoms with van der Waals surface area (Å²) in [5.74, 6) is 0. The third-order valence-corrected chi connectivity index (χ3v) is 2.97. The van der Waals surface area contributed by atoms with E-state index in [0.29, 0.717) is 6.67 Å². The molecule has 0 saturated heterocycles. The molecule has 19 heavy (non-hydrogen) atoms. The van der Waals surface area contributed by atoms with Crippen LogP contribution in [0, 0.1) is 6.92 Å². The Balaban J connectivity index is 2.17. The lowest BCUT2D eigenvalue weighted by Gasteiger charge is -2.09. The van der Waals surface area contributed by atoms with Gasteiger partial charge in [0.15, 0.2) is 6.67 Å². The molecule has 0 aliphatic heterocycles. The Morgan fingerprint density at radius 3 is 2.89 bits per heavy atom. The van der Waals surface area contributed by atoms with E-state index < -0.39 is 0 Å². The normalized spacial score (nSPS) is 11.4. The first-order chi connectivity index (χ1) is 9.11. The molecule has 104 valence electrons. The fourth-order valence-electron chi connectivity index (χ4n) is 1.94. The summed E-state index contributed by atoms with van der Waals surface area (Å²) in [7, 11) is 5.75. The van der Waals surface area contributed by atoms with E-state index in [1.54, 1.807) is 7.11 Å². The van der Waals surface area contributed by atoms with Crippen LogP contribution in [0.2, 0.25) is 0 Å². The van der Waals surface area contributed by atoms with E-state index >= 15 is 0 Å². The Bertz CT molecular complexity index is 549. The van der Waals surface area contributed by atoms with Gasteiger partial charge < -0.3 is 9.74 Å². The lowest BCUT2D eigenvalue weighted by atomic mass is 10.2. The number of aromatic nitrogens is 3. The van der Waals surface area contributed by atoms with Gasteiger partial charge in [0.05, 0.1) is 5.10 Å². The van der Waals surface area contributed by atoms with Crippen LogP contribution < -0.4 is 14.8 Å². The van der Waals surface area contributed by atoms with Crippen molar-refractivity contribution in [3.8, 4) is 0 Å². The van der Waals surface area contributed by atoms with Gasteiger partial charge in [-0.3, -0.25) is 5.32 Å². The number of nitrogens with one attached hydrogen (secondary N) is 1. The van der Waals surface area contributed by atoms with Crippen molar-refractivity contribution < 1.29 is 9.52 Å². The third kappa shape index (κ3) is 3.21. The highest BCUT2D eigenvalue weighted by Gasteiger charge is 2.19. The number of hydrogen-bond donors (Lipinski definition) is 1. The molecule has 0 unspecified atom stereocenters. The molecular weight excluding hydrogens is 242 g/mol. The minimum atomic E-state index is 0.668. The lowest BCUT2D eigenvalue weighted by Crippen LogP contribution is -2.51. The smallest absolute Gasteiger partial charge is 0.253 e. The average Bonchev–Trinajstić information content (AvgIpc) is 2.72. The van der Waals surface area contributed by atoms with Gasteiger partial charge in [0.2, 0.25) is 5.52 Å². The predicted molar refractivity (Wildman–Crippen MR) is 73.7 cm³/mol. The van der Waals surface area contributed by atoms with Gasteiger partial charge in [0.1, 0.15) is 12.1 Å². The highest BCUT2D eigenvalue weighted by molar-refractivity contribution is 5.71. The van der Waals surface area contributed by atoms with Crippen LogP contribution in [0.3, 0.4) is 0 Å². The van der Waals surface area contributed by atoms with Crippen molar-refractivity contribution >= 4 is 11.0 Å². The van der Waals surface area contributed by atoms with E-state index in [-0.39, 0.29) is 0 Å². The number of aryl methyl sites for hydroxylation is 1. The number of rotatable bonds is 6. The SMILES string of the molecule is COn1nc2ccc(C)cc2[n+]1CNCCN(C)C. The van der Waals surface area contributed by atoms with Crippen molar-refractivity contribution in [2.24, 2.45) is 0 Å². The Morgan fingerprint density at radius 2 is 2.21 bits per heavy atom. The van der Waals surface area contributed by atoms with Gasteiger partial charge in [-0.05, 0) is 38.7 Å². The molecule has 0 atom stereocenters. The van der Waals surface area contributed by atoms with E-state index in [0.717, 1.165) is 24.1 Å². The van der Waals surface area contributed by atoms with Gasteiger partial charge in [-0.2, -0.15) is 0 Å². The molecule has 0 aliphatic rings. The first-order valence-electron chi connectivity index (χ1n) is 6.41.